The van der Waals surface area contributed by atoms with Crippen molar-refractivity contribution in [3.05, 3.63) is 29.6 Å². The van der Waals surface area contributed by atoms with Crippen molar-refractivity contribution in [3.63, 3.8) is 0 Å². The highest BCUT2D eigenvalue weighted by atomic mass is 19.1. The molecule has 0 aliphatic carbocycles. The number of halogens is 1. The number of rotatable bonds is 2. The van der Waals surface area contributed by atoms with Gasteiger partial charge in [0.2, 0.25) is 0 Å². The predicted octanol–water partition coefficient (Wildman–Crippen LogP) is 1.84. The minimum Gasteiger partial charge on any atom is -0.367 e. The van der Waals surface area contributed by atoms with Crippen LogP contribution in [0.2, 0.25) is 0 Å². The zero-order valence-corrected chi connectivity index (χ0v) is 9.99. The molecule has 0 aromatic heterocycles. The number of anilines is 1. The van der Waals surface area contributed by atoms with Gasteiger partial charge in [-0.2, -0.15) is 5.26 Å². The molecule has 1 heterocycles. The Morgan fingerprint density at radius 2 is 2.00 bits per heavy atom. The minimum absolute atomic E-state index is 0.242. The molecule has 2 rings (SSSR count). The summed E-state index contributed by atoms with van der Waals surface area (Å²) in [7, 11) is 0. The van der Waals surface area contributed by atoms with Gasteiger partial charge in [-0.1, -0.05) is 6.92 Å². The van der Waals surface area contributed by atoms with Crippen molar-refractivity contribution in [1.82, 2.24) is 4.90 Å². The molecule has 1 aromatic rings. The molecule has 1 fully saturated rings. The Morgan fingerprint density at radius 3 is 2.59 bits per heavy atom. The molecule has 1 aliphatic rings. The number of nitrogens with zero attached hydrogens (tertiary/aromatic N) is 3. The van der Waals surface area contributed by atoms with Gasteiger partial charge in [0, 0.05) is 26.2 Å². The van der Waals surface area contributed by atoms with E-state index in [1.165, 1.54) is 12.1 Å². The fourth-order valence-corrected chi connectivity index (χ4v) is 2.13. The van der Waals surface area contributed by atoms with Gasteiger partial charge in [-0.15, -0.1) is 0 Å². The normalized spacial score (nSPS) is 16.9. The molecule has 0 amide bonds. The average molecular weight is 233 g/mol. The van der Waals surface area contributed by atoms with Gasteiger partial charge in [0.05, 0.1) is 17.3 Å². The molecule has 3 nitrogen and oxygen atoms in total. The van der Waals surface area contributed by atoms with Crippen LogP contribution in [0.5, 0.6) is 0 Å². The number of piperazine rings is 1. The summed E-state index contributed by atoms with van der Waals surface area (Å²) in [4.78, 5) is 4.35. The minimum atomic E-state index is -0.242. The molecule has 0 saturated carbocycles. The summed E-state index contributed by atoms with van der Waals surface area (Å²) in [5.74, 6) is -0.242. The van der Waals surface area contributed by atoms with E-state index in [0.29, 0.717) is 11.3 Å². The lowest BCUT2D eigenvalue weighted by atomic mass is 10.1. The molecule has 4 heteroatoms. The Bertz CT molecular complexity index is 431. The smallest absolute Gasteiger partial charge is 0.146 e. The maximum absolute atomic E-state index is 13.7. The Kier molecular flexibility index (Phi) is 3.60. The highest BCUT2D eigenvalue weighted by molar-refractivity contribution is 5.53. The van der Waals surface area contributed by atoms with Crippen LogP contribution in [0, 0.1) is 17.1 Å². The van der Waals surface area contributed by atoms with E-state index in [9.17, 15) is 4.39 Å². The first-order valence-corrected chi connectivity index (χ1v) is 5.91. The van der Waals surface area contributed by atoms with Crippen molar-refractivity contribution < 1.29 is 4.39 Å². The average Bonchev–Trinajstić information content (AvgIpc) is 2.39. The number of hydrogen-bond donors (Lipinski definition) is 0. The van der Waals surface area contributed by atoms with E-state index in [-0.39, 0.29) is 5.82 Å². The van der Waals surface area contributed by atoms with Crippen LogP contribution in [0.3, 0.4) is 0 Å². The van der Waals surface area contributed by atoms with Gasteiger partial charge in [0.1, 0.15) is 5.82 Å². The number of hydrogen-bond acceptors (Lipinski definition) is 3. The lowest BCUT2D eigenvalue weighted by molar-refractivity contribution is 0.270. The van der Waals surface area contributed by atoms with Crippen LogP contribution in [0.25, 0.3) is 0 Å². The topological polar surface area (TPSA) is 30.3 Å². The molecule has 0 N–H and O–H groups in total. The zero-order chi connectivity index (χ0) is 12.3. The van der Waals surface area contributed by atoms with E-state index >= 15 is 0 Å². The third-order valence-electron chi connectivity index (χ3n) is 3.24. The second-order valence-electron chi connectivity index (χ2n) is 4.20. The highest BCUT2D eigenvalue weighted by Crippen LogP contribution is 2.22. The molecule has 1 aliphatic heterocycles. The summed E-state index contributed by atoms with van der Waals surface area (Å²) >= 11 is 0. The van der Waals surface area contributed by atoms with Crippen LogP contribution < -0.4 is 4.90 Å². The third-order valence-corrected chi connectivity index (χ3v) is 3.24. The van der Waals surface area contributed by atoms with Gasteiger partial charge in [-0.3, -0.25) is 0 Å². The van der Waals surface area contributed by atoms with E-state index in [4.69, 9.17) is 5.26 Å². The second-order valence-corrected chi connectivity index (χ2v) is 4.20. The monoisotopic (exact) mass is 233 g/mol. The summed E-state index contributed by atoms with van der Waals surface area (Å²) in [6, 6.07) is 6.58. The molecule has 90 valence electrons. The molecular weight excluding hydrogens is 217 g/mol. The van der Waals surface area contributed by atoms with E-state index in [1.54, 1.807) is 6.07 Å². The Labute approximate surface area is 101 Å². The highest BCUT2D eigenvalue weighted by Gasteiger charge is 2.18. The molecule has 0 bridgehead atoms. The zero-order valence-electron chi connectivity index (χ0n) is 9.99. The van der Waals surface area contributed by atoms with Crippen molar-refractivity contribution in [2.75, 3.05) is 37.6 Å². The first-order valence-electron chi connectivity index (χ1n) is 5.91. The quantitative estimate of drug-likeness (QED) is 0.780. The van der Waals surface area contributed by atoms with Gasteiger partial charge in [0.25, 0.3) is 0 Å². The fourth-order valence-electron chi connectivity index (χ4n) is 2.13. The van der Waals surface area contributed by atoms with Gasteiger partial charge < -0.3 is 9.80 Å². The van der Waals surface area contributed by atoms with Crippen LogP contribution in [0.15, 0.2) is 18.2 Å². The maximum atomic E-state index is 13.7. The van der Waals surface area contributed by atoms with E-state index in [0.717, 1.165) is 32.7 Å². The molecule has 0 spiro atoms. The second kappa shape index (κ2) is 5.15. The molecule has 1 saturated heterocycles. The van der Waals surface area contributed by atoms with E-state index < -0.39 is 0 Å². The van der Waals surface area contributed by atoms with Gasteiger partial charge >= 0.3 is 0 Å². The largest absolute Gasteiger partial charge is 0.367 e. The summed E-state index contributed by atoms with van der Waals surface area (Å²) in [6.07, 6.45) is 0. The van der Waals surface area contributed by atoms with Crippen LogP contribution in [0.1, 0.15) is 12.5 Å². The van der Waals surface area contributed by atoms with Gasteiger partial charge in [-0.25, -0.2) is 4.39 Å². The summed E-state index contributed by atoms with van der Waals surface area (Å²) in [5, 5.41) is 8.83. The Hall–Kier alpha value is -1.60. The number of nitriles is 1. The van der Waals surface area contributed by atoms with Gasteiger partial charge in [-0.05, 0) is 24.7 Å². The maximum Gasteiger partial charge on any atom is 0.146 e. The lowest BCUT2D eigenvalue weighted by Gasteiger charge is -2.35. The van der Waals surface area contributed by atoms with Crippen molar-refractivity contribution in [3.8, 4) is 6.07 Å². The van der Waals surface area contributed by atoms with Crippen LogP contribution in [-0.4, -0.2) is 37.6 Å². The van der Waals surface area contributed by atoms with Crippen molar-refractivity contribution in [2.45, 2.75) is 6.92 Å². The van der Waals surface area contributed by atoms with E-state index in [2.05, 4.69) is 11.8 Å². The van der Waals surface area contributed by atoms with Crippen molar-refractivity contribution >= 4 is 5.69 Å². The first-order chi connectivity index (χ1) is 8.24. The third kappa shape index (κ3) is 2.56. The first kappa shape index (κ1) is 11.9. The molecule has 0 radical (unpaired) electrons. The fraction of sp³-hybridized carbons (Fsp3) is 0.462. The van der Waals surface area contributed by atoms with Crippen molar-refractivity contribution in [1.29, 1.82) is 5.26 Å². The molecular formula is C13H16FN3. The molecule has 17 heavy (non-hydrogen) atoms. The van der Waals surface area contributed by atoms with Gasteiger partial charge in [0.15, 0.2) is 0 Å². The lowest BCUT2D eigenvalue weighted by Crippen LogP contribution is -2.46. The predicted molar refractivity (Wildman–Crippen MR) is 65.4 cm³/mol. The van der Waals surface area contributed by atoms with Crippen LogP contribution in [-0.2, 0) is 0 Å². The Balaban J connectivity index is 2.15. The Morgan fingerprint density at radius 1 is 1.29 bits per heavy atom. The number of likely N-dealkylation sites (N-methyl/N-ethyl adjacent to an activating group) is 1. The van der Waals surface area contributed by atoms with Crippen molar-refractivity contribution in [2.24, 2.45) is 0 Å². The summed E-state index contributed by atoms with van der Waals surface area (Å²) in [5.41, 5.74) is 1.07. The molecule has 0 atom stereocenters. The summed E-state index contributed by atoms with van der Waals surface area (Å²) in [6.45, 7) is 6.71. The van der Waals surface area contributed by atoms with Crippen LogP contribution >= 0.6 is 0 Å². The van der Waals surface area contributed by atoms with E-state index in [1.807, 2.05) is 11.0 Å². The standard InChI is InChI=1S/C13H16FN3/c1-2-16-5-7-17(8-6-16)13-9-11(10-15)3-4-12(13)14/h3-4,9H,2,5-8H2,1H3. The molecule has 0 unspecified atom stereocenters. The van der Waals surface area contributed by atoms with Crippen LogP contribution in [0.4, 0.5) is 10.1 Å². The number of benzene rings is 1. The SMILES string of the molecule is CCN1CCN(c2cc(C#N)ccc2F)CC1. The molecule has 1 aromatic carbocycles. The summed E-state index contributed by atoms with van der Waals surface area (Å²) < 4.78 is 13.7.